The number of aryl methyl sites for hydroxylation is 1. The molecule has 0 heterocycles. The lowest BCUT2D eigenvalue weighted by molar-refractivity contribution is 0.0781. The Hall–Kier alpha value is -0.890. The minimum Gasteiger partial charge on any atom is -0.386 e. The third kappa shape index (κ3) is 3.63. The van der Waals surface area contributed by atoms with Crippen molar-refractivity contribution in [3.63, 3.8) is 0 Å². The third-order valence-corrected chi connectivity index (χ3v) is 2.31. The lowest BCUT2D eigenvalue weighted by Gasteiger charge is -2.19. The van der Waals surface area contributed by atoms with Crippen LogP contribution in [0.15, 0.2) is 12.1 Å². The highest BCUT2D eigenvalue weighted by atomic mass is 19.1. The molecule has 1 rings (SSSR count). The molecule has 2 heteroatoms. The zero-order valence-corrected chi connectivity index (χ0v) is 10.5. The fourth-order valence-corrected chi connectivity index (χ4v) is 1.17. The molecule has 1 aromatic rings. The highest BCUT2D eigenvalue weighted by molar-refractivity contribution is 5.33. The first-order valence-electron chi connectivity index (χ1n) is 5.32. The monoisotopic (exact) mass is 212 g/mol. The molecule has 0 atom stereocenters. The van der Waals surface area contributed by atoms with Gasteiger partial charge in [-0.2, -0.15) is 0 Å². The second-order valence-electron chi connectivity index (χ2n) is 3.96. The van der Waals surface area contributed by atoms with Gasteiger partial charge in [0.1, 0.15) is 5.82 Å². The molecule has 0 saturated carbocycles. The third-order valence-electron chi connectivity index (χ3n) is 2.31. The van der Waals surface area contributed by atoms with E-state index in [9.17, 15) is 9.50 Å². The van der Waals surface area contributed by atoms with Crippen molar-refractivity contribution in [3.8, 4) is 0 Å². The average molecular weight is 212 g/mol. The molecule has 0 spiro atoms. The minimum atomic E-state index is -0.973. The molecule has 0 aliphatic carbocycles. The minimum absolute atomic E-state index is 0.253. The molecular formula is C13H21FO. The summed E-state index contributed by atoms with van der Waals surface area (Å²) in [6.07, 6.45) is 0. The van der Waals surface area contributed by atoms with Crippen LogP contribution in [0.2, 0.25) is 0 Å². The number of aliphatic hydroxyl groups is 1. The van der Waals surface area contributed by atoms with Crippen LogP contribution in [-0.4, -0.2) is 5.11 Å². The van der Waals surface area contributed by atoms with Crippen LogP contribution in [0.5, 0.6) is 0 Å². The summed E-state index contributed by atoms with van der Waals surface area (Å²) in [6, 6.07) is 3.21. The van der Waals surface area contributed by atoms with Gasteiger partial charge in [-0.05, 0) is 50.5 Å². The van der Waals surface area contributed by atoms with Crippen molar-refractivity contribution >= 4 is 0 Å². The summed E-state index contributed by atoms with van der Waals surface area (Å²) in [5, 5.41) is 9.66. The van der Waals surface area contributed by atoms with Crippen LogP contribution in [0, 0.1) is 19.7 Å². The molecule has 1 aromatic carbocycles. The summed E-state index contributed by atoms with van der Waals surface area (Å²) in [4.78, 5) is 0. The van der Waals surface area contributed by atoms with Gasteiger partial charge in [0.05, 0.1) is 5.60 Å². The first-order valence-corrected chi connectivity index (χ1v) is 5.32. The Morgan fingerprint density at radius 3 is 1.93 bits per heavy atom. The predicted octanol–water partition coefficient (Wildman–Crippen LogP) is 3.70. The van der Waals surface area contributed by atoms with Crippen molar-refractivity contribution in [2.24, 2.45) is 0 Å². The Morgan fingerprint density at radius 2 is 1.60 bits per heavy atom. The Balaban J connectivity index is 0.000000921. The van der Waals surface area contributed by atoms with E-state index in [1.807, 2.05) is 26.8 Å². The second-order valence-corrected chi connectivity index (χ2v) is 3.96. The van der Waals surface area contributed by atoms with Crippen molar-refractivity contribution in [3.05, 3.63) is 34.6 Å². The quantitative estimate of drug-likeness (QED) is 0.752. The largest absolute Gasteiger partial charge is 0.386 e. The first kappa shape index (κ1) is 14.1. The zero-order chi connectivity index (χ0) is 12.2. The zero-order valence-electron chi connectivity index (χ0n) is 10.5. The van der Waals surface area contributed by atoms with Crippen molar-refractivity contribution in [2.75, 3.05) is 0 Å². The maximum Gasteiger partial charge on any atom is 0.126 e. The van der Waals surface area contributed by atoms with E-state index in [1.54, 1.807) is 20.8 Å². The maximum atomic E-state index is 13.3. The van der Waals surface area contributed by atoms with E-state index in [0.717, 1.165) is 5.56 Å². The van der Waals surface area contributed by atoms with Gasteiger partial charge >= 0.3 is 0 Å². The molecule has 1 N–H and O–H groups in total. The van der Waals surface area contributed by atoms with Gasteiger partial charge in [-0.15, -0.1) is 0 Å². The summed E-state index contributed by atoms with van der Waals surface area (Å²) < 4.78 is 13.3. The fourth-order valence-electron chi connectivity index (χ4n) is 1.17. The van der Waals surface area contributed by atoms with Crippen molar-refractivity contribution in [2.45, 2.75) is 47.1 Å². The number of rotatable bonds is 1. The Bertz CT molecular complexity index is 301. The van der Waals surface area contributed by atoms with Gasteiger partial charge in [-0.25, -0.2) is 4.39 Å². The Kier molecular flexibility index (Phi) is 4.95. The topological polar surface area (TPSA) is 20.2 Å². The first-order chi connectivity index (χ1) is 6.82. The Morgan fingerprint density at radius 1 is 1.13 bits per heavy atom. The van der Waals surface area contributed by atoms with Crippen LogP contribution in [0.1, 0.15) is 44.4 Å². The molecule has 0 aromatic heterocycles. The van der Waals surface area contributed by atoms with Crippen LogP contribution in [0.25, 0.3) is 0 Å². The fraction of sp³-hybridized carbons (Fsp3) is 0.538. The van der Waals surface area contributed by atoms with Gasteiger partial charge in [-0.3, -0.25) is 0 Å². The van der Waals surface area contributed by atoms with Crippen LogP contribution in [0.3, 0.4) is 0 Å². The standard InChI is InChI=1S/C11H15FO.C2H6/c1-7-5-9(11(3,4)13)6-10(12)8(7)2;1-2/h5-6,13H,1-4H3;1-2H3. The molecular weight excluding hydrogens is 191 g/mol. The number of hydrogen-bond acceptors (Lipinski definition) is 1. The molecule has 86 valence electrons. The summed E-state index contributed by atoms with van der Waals surface area (Å²) in [6.45, 7) is 10.9. The molecule has 0 bridgehead atoms. The molecule has 0 amide bonds. The normalized spacial score (nSPS) is 10.7. The SMILES string of the molecule is CC.Cc1cc(C(C)(C)O)cc(F)c1C. The number of hydrogen-bond donors (Lipinski definition) is 1. The lowest BCUT2D eigenvalue weighted by atomic mass is 9.94. The van der Waals surface area contributed by atoms with E-state index >= 15 is 0 Å². The average Bonchev–Trinajstić information content (AvgIpc) is 2.15. The van der Waals surface area contributed by atoms with E-state index in [1.165, 1.54) is 6.07 Å². The van der Waals surface area contributed by atoms with Gasteiger partial charge in [0.15, 0.2) is 0 Å². The second kappa shape index (κ2) is 5.26. The van der Waals surface area contributed by atoms with E-state index in [0.29, 0.717) is 11.1 Å². The van der Waals surface area contributed by atoms with Gasteiger partial charge in [-0.1, -0.05) is 19.9 Å². The maximum absolute atomic E-state index is 13.3. The molecule has 0 radical (unpaired) electrons. The van der Waals surface area contributed by atoms with Gasteiger partial charge in [0.25, 0.3) is 0 Å². The van der Waals surface area contributed by atoms with Crippen LogP contribution in [-0.2, 0) is 5.60 Å². The van der Waals surface area contributed by atoms with Gasteiger partial charge < -0.3 is 5.11 Å². The van der Waals surface area contributed by atoms with Crippen molar-refractivity contribution in [1.82, 2.24) is 0 Å². The van der Waals surface area contributed by atoms with Gasteiger partial charge in [0, 0.05) is 0 Å². The molecule has 0 saturated heterocycles. The molecule has 15 heavy (non-hydrogen) atoms. The summed E-state index contributed by atoms with van der Waals surface area (Å²) in [5.74, 6) is -0.253. The molecule has 0 aliphatic rings. The predicted molar refractivity (Wildman–Crippen MR) is 62.5 cm³/mol. The molecule has 0 fully saturated rings. The van der Waals surface area contributed by atoms with E-state index in [-0.39, 0.29) is 5.82 Å². The lowest BCUT2D eigenvalue weighted by Crippen LogP contribution is -2.16. The number of halogens is 1. The smallest absolute Gasteiger partial charge is 0.126 e. The molecule has 0 unspecified atom stereocenters. The Labute approximate surface area is 92.0 Å². The number of benzene rings is 1. The van der Waals surface area contributed by atoms with Crippen LogP contribution < -0.4 is 0 Å². The summed E-state index contributed by atoms with van der Waals surface area (Å²) in [5.41, 5.74) is 1.16. The van der Waals surface area contributed by atoms with Crippen molar-refractivity contribution in [1.29, 1.82) is 0 Å². The molecule has 1 nitrogen and oxygen atoms in total. The van der Waals surface area contributed by atoms with E-state index in [2.05, 4.69) is 0 Å². The van der Waals surface area contributed by atoms with E-state index < -0.39 is 5.60 Å². The van der Waals surface area contributed by atoms with Crippen LogP contribution >= 0.6 is 0 Å². The summed E-state index contributed by atoms with van der Waals surface area (Å²) in [7, 11) is 0. The van der Waals surface area contributed by atoms with Crippen molar-refractivity contribution < 1.29 is 9.50 Å². The van der Waals surface area contributed by atoms with E-state index in [4.69, 9.17) is 0 Å². The summed E-state index contributed by atoms with van der Waals surface area (Å²) >= 11 is 0. The van der Waals surface area contributed by atoms with Crippen LogP contribution in [0.4, 0.5) is 4.39 Å². The highest BCUT2D eigenvalue weighted by Gasteiger charge is 2.17. The molecule has 0 aliphatic heterocycles. The van der Waals surface area contributed by atoms with Gasteiger partial charge in [0.2, 0.25) is 0 Å². The highest BCUT2D eigenvalue weighted by Crippen LogP contribution is 2.23.